The van der Waals surface area contributed by atoms with Crippen molar-refractivity contribution in [3.63, 3.8) is 0 Å². The predicted molar refractivity (Wildman–Crippen MR) is 305 cm³/mol. The van der Waals surface area contributed by atoms with E-state index in [0.29, 0.717) is 0 Å². The fourth-order valence-electron chi connectivity index (χ4n) is 9.81. The Kier molecular flexibility index (Phi) is 11.4. The van der Waals surface area contributed by atoms with Gasteiger partial charge in [0.25, 0.3) is 0 Å². The number of hydrogen-bond acceptors (Lipinski definition) is 3. The van der Waals surface area contributed by atoms with Crippen molar-refractivity contribution in [2.45, 2.75) is 9.79 Å². The predicted octanol–water partition coefficient (Wildman–Crippen LogP) is 18.7. The minimum atomic E-state index is -0.827. The van der Waals surface area contributed by atoms with Gasteiger partial charge >= 0.3 is 0 Å². The summed E-state index contributed by atoms with van der Waals surface area (Å²) in [5, 5.41) is 2.50. The zero-order valence-electron chi connectivity index (χ0n) is 40.2. The van der Waals surface area contributed by atoms with Crippen molar-refractivity contribution in [3.8, 4) is 33.4 Å². The SMILES string of the molecule is CS(C)(C)c1ccc(N(c2ccccc2)c2ccc(-c3ccc4c(c3)N(c3ccccc3)c3cccc5c(-c6ccc(N(c7ccccc7)c7ccc(S(C)(C)C)cc7)cc6)ccc-4c35)cc2)cc1. The molecule has 69 heavy (non-hydrogen) atoms. The average molecular weight is 932 g/mol. The maximum absolute atomic E-state index is 2.46. The minimum Gasteiger partial charge on any atom is -0.311 e. The summed E-state index contributed by atoms with van der Waals surface area (Å²) in [5.74, 6) is 0. The van der Waals surface area contributed by atoms with Crippen molar-refractivity contribution in [1.29, 1.82) is 0 Å². The third-order valence-electron chi connectivity index (χ3n) is 13.3. The second kappa shape index (κ2) is 17.9. The second-order valence-corrected chi connectivity index (χ2v) is 27.7. The molecule has 3 nitrogen and oxygen atoms in total. The van der Waals surface area contributed by atoms with Gasteiger partial charge in [0.05, 0.1) is 11.4 Å². The molecule has 0 aliphatic carbocycles. The fraction of sp³-hybridized carbons (Fsp3) is 0.0938. The van der Waals surface area contributed by atoms with Crippen LogP contribution in [0.25, 0.3) is 44.2 Å². The molecule has 1 aliphatic rings. The van der Waals surface area contributed by atoms with Crippen LogP contribution in [-0.4, -0.2) is 37.5 Å². The van der Waals surface area contributed by atoms with Gasteiger partial charge < -0.3 is 14.7 Å². The normalized spacial score (nSPS) is 12.6. The maximum atomic E-state index is 2.46. The van der Waals surface area contributed by atoms with E-state index < -0.39 is 20.1 Å². The van der Waals surface area contributed by atoms with Gasteiger partial charge in [-0.2, -0.15) is 0 Å². The smallest absolute Gasteiger partial charge is 0.0546 e. The third kappa shape index (κ3) is 8.47. The van der Waals surface area contributed by atoms with Crippen LogP contribution in [0.1, 0.15) is 0 Å². The van der Waals surface area contributed by atoms with Crippen molar-refractivity contribution in [2.24, 2.45) is 0 Å². The highest BCUT2D eigenvalue weighted by Gasteiger charge is 2.28. The molecule has 0 unspecified atom stereocenters. The topological polar surface area (TPSA) is 9.72 Å². The number of fused-ring (bicyclic) bond motifs is 2. The highest BCUT2D eigenvalue weighted by atomic mass is 32.3. The number of benzene rings is 10. The molecule has 0 fully saturated rings. The molecule has 11 rings (SSSR count). The van der Waals surface area contributed by atoms with E-state index in [2.05, 4.69) is 289 Å². The van der Waals surface area contributed by atoms with Gasteiger partial charge in [-0.05, 0) is 202 Å². The lowest BCUT2D eigenvalue weighted by atomic mass is 9.86. The van der Waals surface area contributed by atoms with Gasteiger partial charge in [-0.3, -0.25) is 0 Å². The van der Waals surface area contributed by atoms with Crippen LogP contribution in [0.5, 0.6) is 0 Å². The number of nitrogens with zero attached hydrogens (tertiary/aromatic N) is 3. The van der Waals surface area contributed by atoms with Gasteiger partial charge in [0.15, 0.2) is 0 Å². The van der Waals surface area contributed by atoms with Crippen molar-refractivity contribution in [3.05, 3.63) is 237 Å². The lowest BCUT2D eigenvalue weighted by molar-refractivity contribution is 1.27. The molecule has 0 spiro atoms. The van der Waals surface area contributed by atoms with Gasteiger partial charge in [0, 0.05) is 50.8 Å². The van der Waals surface area contributed by atoms with Crippen molar-refractivity contribution in [1.82, 2.24) is 0 Å². The summed E-state index contributed by atoms with van der Waals surface area (Å²) in [5.41, 5.74) is 17.5. The standard InChI is InChI=1S/C64H57N3S2/c1-68(2,3)56-38-34-54(35-39-56)65(49-17-10-7-11-18-49)52-30-25-46(26-31-52)48-29-42-59-61-44-43-58(60-23-16-24-62(64(60)61)67(63(59)45-48)51-21-14-9-15-22-51)47-27-32-53(33-28-47)66(50-19-12-8-13-20-50)55-36-40-57(41-37-55)69(4,5)6/h7-45H,1-6H3. The molecule has 10 aromatic rings. The molecule has 0 aromatic heterocycles. The van der Waals surface area contributed by atoms with Crippen molar-refractivity contribution in [2.75, 3.05) is 52.2 Å². The fourth-order valence-corrected chi connectivity index (χ4v) is 11.7. The summed E-state index contributed by atoms with van der Waals surface area (Å²) in [6, 6.07) is 87.1. The van der Waals surface area contributed by atoms with Crippen LogP contribution in [0.2, 0.25) is 0 Å². The quantitative estimate of drug-likeness (QED) is 0.128. The maximum Gasteiger partial charge on any atom is 0.0546 e. The van der Waals surface area contributed by atoms with Crippen molar-refractivity contribution < 1.29 is 0 Å². The van der Waals surface area contributed by atoms with Crippen LogP contribution in [0.4, 0.5) is 51.2 Å². The van der Waals surface area contributed by atoms with E-state index in [4.69, 9.17) is 0 Å². The number of rotatable bonds is 11. The molecular weight excluding hydrogens is 875 g/mol. The van der Waals surface area contributed by atoms with E-state index in [0.717, 1.165) is 39.8 Å². The highest BCUT2D eigenvalue weighted by molar-refractivity contribution is 8.32. The molecule has 0 atom stereocenters. The first-order valence-electron chi connectivity index (χ1n) is 23.5. The van der Waals surface area contributed by atoms with Crippen LogP contribution in [0.15, 0.2) is 246 Å². The van der Waals surface area contributed by atoms with Gasteiger partial charge in [-0.25, -0.2) is 20.1 Å². The Morgan fingerprint density at radius 2 is 0.710 bits per heavy atom. The van der Waals surface area contributed by atoms with Crippen molar-refractivity contribution >= 4 is 82.0 Å². The summed E-state index contributed by atoms with van der Waals surface area (Å²) in [4.78, 5) is 9.97. The molecule has 5 heteroatoms. The molecule has 0 radical (unpaired) electrons. The largest absolute Gasteiger partial charge is 0.311 e. The molecule has 0 amide bonds. The summed E-state index contributed by atoms with van der Waals surface area (Å²) >= 11 is 0. The average Bonchev–Trinajstić information content (AvgIpc) is 3.38. The van der Waals surface area contributed by atoms with E-state index >= 15 is 0 Å². The zero-order chi connectivity index (χ0) is 47.3. The minimum absolute atomic E-state index is 0.826. The molecule has 0 saturated carbocycles. The van der Waals surface area contributed by atoms with Gasteiger partial charge in [-0.1, -0.05) is 115 Å². The monoisotopic (exact) mass is 931 g/mol. The van der Waals surface area contributed by atoms with E-state index in [9.17, 15) is 0 Å². The second-order valence-electron chi connectivity index (χ2n) is 19.4. The number of anilines is 9. The first kappa shape index (κ1) is 44.1. The molecule has 10 aromatic carbocycles. The Balaban J connectivity index is 0.965. The molecule has 1 heterocycles. The third-order valence-corrected chi connectivity index (χ3v) is 16.7. The number of para-hydroxylation sites is 3. The van der Waals surface area contributed by atoms with Crippen LogP contribution >= 0.6 is 20.1 Å². The summed E-state index contributed by atoms with van der Waals surface area (Å²) < 4.78 is 0. The van der Waals surface area contributed by atoms with E-state index in [1.165, 1.54) is 65.3 Å². The van der Waals surface area contributed by atoms with E-state index in [1.807, 2.05) is 0 Å². The van der Waals surface area contributed by atoms with Crippen LogP contribution in [0.3, 0.4) is 0 Å². The molecule has 0 bridgehead atoms. The summed E-state index contributed by atoms with van der Waals surface area (Å²) in [6.07, 6.45) is 14.1. The van der Waals surface area contributed by atoms with Gasteiger partial charge in [0.2, 0.25) is 0 Å². The Labute approximate surface area is 411 Å². The molecular formula is C64H57N3S2. The first-order chi connectivity index (χ1) is 33.5. The van der Waals surface area contributed by atoms with Gasteiger partial charge in [0.1, 0.15) is 0 Å². The molecule has 340 valence electrons. The van der Waals surface area contributed by atoms with Crippen LogP contribution < -0.4 is 14.7 Å². The first-order valence-corrected chi connectivity index (χ1v) is 29.2. The summed E-state index contributed by atoms with van der Waals surface area (Å²) in [7, 11) is -1.65. The Morgan fingerprint density at radius 3 is 1.20 bits per heavy atom. The lowest BCUT2D eigenvalue weighted by Crippen LogP contribution is -2.15. The summed E-state index contributed by atoms with van der Waals surface area (Å²) in [6.45, 7) is 0. The Bertz CT molecular complexity index is 3410. The van der Waals surface area contributed by atoms with E-state index in [-0.39, 0.29) is 0 Å². The van der Waals surface area contributed by atoms with Crippen LogP contribution in [-0.2, 0) is 0 Å². The molecule has 0 saturated heterocycles. The molecule has 1 aliphatic heterocycles. The Hall–Kier alpha value is -7.44. The van der Waals surface area contributed by atoms with E-state index in [1.54, 1.807) is 0 Å². The lowest BCUT2D eigenvalue weighted by Gasteiger charge is -2.34. The van der Waals surface area contributed by atoms with Gasteiger partial charge in [-0.15, -0.1) is 0 Å². The zero-order valence-corrected chi connectivity index (χ0v) is 41.8. The highest BCUT2D eigenvalue weighted by Crippen LogP contribution is 2.54. The molecule has 0 N–H and O–H groups in total. The number of hydrogen-bond donors (Lipinski definition) is 0. The Morgan fingerprint density at radius 1 is 0.304 bits per heavy atom. The van der Waals surface area contributed by atoms with Crippen LogP contribution in [0, 0.1) is 0 Å².